The number of phenols is 2. The van der Waals surface area contributed by atoms with E-state index in [1.807, 2.05) is 0 Å². The fourth-order valence-corrected chi connectivity index (χ4v) is 2.77. The van der Waals surface area contributed by atoms with Gasteiger partial charge in [-0.2, -0.15) is 4.98 Å². The summed E-state index contributed by atoms with van der Waals surface area (Å²) in [6.07, 6.45) is 0. The minimum absolute atomic E-state index is 0.0280. The third-order valence-corrected chi connectivity index (χ3v) is 3.57. The molecule has 0 aliphatic carbocycles. The topological polar surface area (TPSA) is 97.3 Å². The van der Waals surface area contributed by atoms with Crippen LogP contribution in [0.4, 0.5) is 5.95 Å². The number of piperazine rings is 1. The summed E-state index contributed by atoms with van der Waals surface area (Å²) in [5.41, 5.74) is 0.271. The van der Waals surface area contributed by atoms with Crippen LogP contribution in [0.2, 0.25) is 0 Å². The zero-order valence-corrected chi connectivity index (χ0v) is 12.0. The minimum atomic E-state index is -0.0280. The van der Waals surface area contributed by atoms with Gasteiger partial charge in [0.05, 0.1) is 0 Å². The summed E-state index contributed by atoms with van der Waals surface area (Å²) in [5.74, 6) is 0.881. The minimum Gasteiger partial charge on any atom is -0.507 e. The lowest BCUT2D eigenvalue weighted by Gasteiger charge is -2.35. The van der Waals surface area contributed by atoms with Crippen molar-refractivity contribution < 1.29 is 10.2 Å². The van der Waals surface area contributed by atoms with E-state index in [-0.39, 0.29) is 17.1 Å². The number of nitrogens with zero attached hydrogens (tertiary/aromatic N) is 3. The molecule has 2 unspecified atom stereocenters. The fourth-order valence-electron chi connectivity index (χ4n) is 2.77. The number of aromatic amines is 1. The highest BCUT2D eigenvalue weighted by Gasteiger charge is 2.24. The van der Waals surface area contributed by atoms with E-state index in [1.165, 1.54) is 12.1 Å². The Bertz CT molecular complexity index is 612. The van der Waals surface area contributed by atoms with Crippen molar-refractivity contribution in [3.8, 4) is 22.9 Å². The molecule has 2 heterocycles. The maximum absolute atomic E-state index is 9.88. The van der Waals surface area contributed by atoms with Crippen LogP contribution in [0.5, 0.6) is 11.5 Å². The van der Waals surface area contributed by atoms with Gasteiger partial charge in [-0.05, 0) is 26.0 Å². The zero-order chi connectivity index (χ0) is 15.0. The van der Waals surface area contributed by atoms with Crippen molar-refractivity contribution >= 4 is 5.95 Å². The lowest BCUT2D eigenvalue weighted by atomic mass is 10.1. The molecule has 0 spiro atoms. The number of phenolic OH excluding ortho intramolecular Hbond substituents is 2. The molecular formula is C14H19N5O2. The molecule has 0 amide bonds. The van der Waals surface area contributed by atoms with Crippen molar-refractivity contribution in [2.75, 3.05) is 18.0 Å². The predicted octanol–water partition coefficient (Wildman–Crippen LogP) is 1.07. The lowest BCUT2D eigenvalue weighted by molar-refractivity contribution is 0.403. The highest BCUT2D eigenvalue weighted by molar-refractivity contribution is 5.71. The van der Waals surface area contributed by atoms with Crippen molar-refractivity contribution in [3.05, 3.63) is 18.2 Å². The van der Waals surface area contributed by atoms with Gasteiger partial charge in [-0.1, -0.05) is 6.07 Å². The summed E-state index contributed by atoms with van der Waals surface area (Å²) in [6.45, 7) is 5.86. The van der Waals surface area contributed by atoms with Gasteiger partial charge in [0.25, 0.3) is 0 Å². The van der Waals surface area contributed by atoms with Crippen molar-refractivity contribution in [3.63, 3.8) is 0 Å². The van der Waals surface area contributed by atoms with E-state index < -0.39 is 0 Å². The van der Waals surface area contributed by atoms with E-state index in [2.05, 4.69) is 39.2 Å². The molecule has 112 valence electrons. The van der Waals surface area contributed by atoms with Gasteiger partial charge < -0.3 is 20.4 Å². The Labute approximate surface area is 122 Å². The molecular weight excluding hydrogens is 270 g/mol. The molecule has 1 saturated heterocycles. The van der Waals surface area contributed by atoms with Crippen LogP contribution >= 0.6 is 0 Å². The summed E-state index contributed by atoms with van der Waals surface area (Å²) in [7, 11) is 0. The first-order valence-electron chi connectivity index (χ1n) is 6.99. The molecule has 1 aromatic heterocycles. The summed E-state index contributed by atoms with van der Waals surface area (Å²) < 4.78 is 0. The average molecular weight is 289 g/mol. The van der Waals surface area contributed by atoms with E-state index in [0.29, 0.717) is 23.9 Å². The Hall–Kier alpha value is -2.28. The van der Waals surface area contributed by atoms with Gasteiger partial charge in [-0.15, -0.1) is 5.10 Å². The Kier molecular flexibility index (Phi) is 3.42. The molecule has 0 bridgehead atoms. The number of hydrogen-bond donors (Lipinski definition) is 4. The number of rotatable bonds is 2. The van der Waals surface area contributed by atoms with Gasteiger partial charge >= 0.3 is 0 Å². The first-order chi connectivity index (χ1) is 10.0. The summed E-state index contributed by atoms with van der Waals surface area (Å²) in [5, 5.41) is 30.2. The highest BCUT2D eigenvalue weighted by atomic mass is 16.3. The molecule has 7 heteroatoms. The maximum Gasteiger partial charge on any atom is 0.245 e. The van der Waals surface area contributed by atoms with Crippen LogP contribution in [-0.2, 0) is 0 Å². The highest BCUT2D eigenvalue weighted by Crippen LogP contribution is 2.35. The first-order valence-corrected chi connectivity index (χ1v) is 6.99. The van der Waals surface area contributed by atoms with Crippen LogP contribution in [0.25, 0.3) is 11.4 Å². The monoisotopic (exact) mass is 289 g/mol. The Morgan fingerprint density at radius 1 is 1.14 bits per heavy atom. The smallest absolute Gasteiger partial charge is 0.245 e. The van der Waals surface area contributed by atoms with Crippen LogP contribution in [0.1, 0.15) is 13.8 Å². The second kappa shape index (κ2) is 5.25. The quantitative estimate of drug-likeness (QED) is 0.660. The molecule has 0 radical (unpaired) electrons. The van der Waals surface area contributed by atoms with Gasteiger partial charge in [0.2, 0.25) is 5.95 Å². The van der Waals surface area contributed by atoms with Crippen LogP contribution in [-0.4, -0.2) is 50.6 Å². The van der Waals surface area contributed by atoms with E-state index in [0.717, 1.165) is 13.1 Å². The lowest BCUT2D eigenvalue weighted by Crippen LogP contribution is -2.54. The summed E-state index contributed by atoms with van der Waals surface area (Å²) >= 11 is 0. The van der Waals surface area contributed by atoms with Crippen molar-refractivity contribution in [1.82, 2.24) is 20.5 Å². The Morgan fingerprint density at radius 3 is 2.38 bits per heavy atom. The molecule has 1 fully saturated rings. The number of benzene rings is 1. The Morgan fingerprint density at radius 2 is 1.76 bits per heavy atom. The van der Waals surface area contributed by atoms with Gasteiger partial charge in [0.15, 0.2) is 5.82 Å². The molecule has 7 nitrogen and oxygen atoms in total. The van der Waals surface area contributed by atoms with Crippen LogP contribution in [0.15, 0.2) is 18.2 Å². The molecule has 1 aliphatic rings. The number of aromatic nitrogens is 3. The number of hydrogen-bond acceptors (Lipinski definition) is 6. The molecule has 21 heavy (non-hydrogen) atoms. The van der Waals surface area contributed by atoms with Gasteiger partial charge in [0.1, 0.15) is 17.1 Å². The van der Waals surface area contributed by atoms with Crippen LogP contribution in [0.3, 0.4) is 0 Å². The molecule has 1 aromatic carbocycles. The second-order valence-electron chi connectivity index (χ2n) is 5.53. The maximum atomic E-state index is 9.88. The number of anilines is 1. The van der Waals surface area contributed by atoms with Gasteiger partial charge in [-0.3, -0.25) is 5.10 Å². The van der Waals surface area contributed by atoms with Crippen molar-refractivity contribution in [2.45, 2.75) is 25.9 Å². The van der Waals surface area contributed by atoms with Gasteiger partial charge in [0, 0.05) is 25.2 Å². The molecule has 4 N–H and O–H groups in total. The molecule has 3 rings (SSSR count). The van der Waals surface area contributed by atoms with E-state index in [1.54, 1.807) is 6.07 Å². The third-order valence-electron chi connectivity index (χ3n) is 3.57. The van der Waals surface area contributed by atoms with Crippen LogP contribution < -0.4 is 10.2 Å². The van der Waals surface area contributed by atoms with Crippen LogP contribution in [0, 0.1) is 0 Å². The largest absolute Gasteiger partial charge is 0.507 e. The van der Waals surface area contributed by atoms with E-state index in [4.69, 9.17) is 0 Å². The van der Waals surface area contributed by atoms with E-state index in [9.17, 15) is 10.2 Å². The molecule has 2 atom stereocenters. The molecule has 0 saturated carbocycles. The number of H-pyrrole nitrogens is 1. The zero-order valence-electron chi connectivity index (χ0n) is 12.0. The molecule has 2 aromatic rings. The van der Waals surface area contributed by atoms with Gasteiger partial charge in [-0.25, -0.2) is 0 Å². The van der Waals surface area contributed by atoms with Crippen molar-refractivity contribution in [2.24, 2.45) is 0 Å². The number of aromatic hydroxyl groups is 2. The third kappa shape index (κ3) is 2.64. The van der Waals surface area contributed by atoms with Crippen molar-refractivity contribution in [1.29, 1.82) is 0 Å². The first kappa shape index (κ1) is 13.7. The molecule has 1 aliphatic heterocycles. The Balaban J connectivity index is 1.90. The predicted molar refractivity (Wildman–Crippen MR) is 79.4 cm³/mol. The average Bonchev–Trinajstić information content (AvgIpc) is 2.87. The summed E-state index contributed by atoms with van der Waals surface area (Å²) in [6, 6.07) is 5.30. The summed E-state index contributed by atoms with van der Waals surface area (Å²) in [4.78, 5) is 6.49. The normalized spacial score (nSPS) is 22.5. The van der Waals surface area contributed by atoms with E-state index >= 15 is 0 Å². The second-order valence-corrected chi connectivity index (χ2v) is 5.53. The standard InChI is InChI=1S/C14H19N5O2/c1-8-6-19(7-9(2)15-8)14-16-13(17-18-14)12-10(20)4-3-5-11(12)21/h3-5,8-9,15,20-21H,6-7H2,1-2H3,(H,16,17,18). The number of nitrogens with one attached hydrogen (secondary N) is 2. The fraction of sp³-hybridized carbons (Fsp3) is 0.429. The SMILES string of the molecule is CC1CN(c2n[nH]c(-c3c(O)cccc3O)n2)CC(C)N1.